The van der Waals surface area contributed by atoms with Crippen molar-refractivity contribution in [2.75, 3.05) is 5.73 Å². The second-order valence-corrected chi connectivity index (χ2v) is 3.76. The van der Waals surface area contributed by atoms with Crippen molar-refractivity contribution in [3.63, 3.8) is 0 Å². The zero-order valence-corrected chi connectivity index (χ0v) is 9.29. The number of anilines is 1. The minimum atomic E-state index is -0.238. The highest BCUT2D eigenvalue weighted by Crippen LogP contribution is 2.15. The number of hydrogen-bond acceptors (Lipinski definition) is 5. The molecule has 0 bridgehead atoms. The van der Waals surface area contributed by atoms with Crippen molar-refractivity contribution in [3.05, 3.63) is 47.9 Å². The van der Waals surface area contributed by atoms with Crippen LogP contribution in [0.15, 0.2) is 36.5 Å². The number of H-pyrrole nitrogens is 1. The number of rotatable bonds is 2. The zero-order valence-electron chi connectivity index (χ0n) is 9.29. The summed E-state index contributed by atoms with van der Waals surface area (Å²) < 4.78 is 0. The Balaban J connectivity index is 2.09. The zero-order chi connectivity index (χ0) is 12.5. The first kappa shape index (κ1) is 10.4. The van der Waals surface area contributed by atoms with E-state index < -0.39 is 0 Å². The lowest BCUT2D eigenvalue weighted by atomic mass is 10.1. The molecule has 0 atom stereocenters. The van der Waals surface area contributed by atoms with E-state index in [0.29, 0.717) is 16.6 Å². The van der Waals surface area contributed by atoms with E-state index in [-0.39, 0.29) is 17.4 Å². The molecule has 88 valence electrons. The number of nitrogen functional groups attached to an aromatic ring is 1. The van der Waals surface area contributed by atoms with Crippen molar-refractivity contribution in [2.24, 2.45) is 0 Å². The molecular weight excluding hydrogens is 230 g/mol. The molecule has 0 radical (unpaired) electrons. The summed E-state index contributed by atoms with van der Waals surface area (Å²) in [4.78, 5) is 20.3. The fraction of sp³-hybridized carbons (Fsp3) is 0. The molecule has 0 fully saturated rings. The summed E-state index contributed by atoms with van der Waals surface area (Å²) in [5, 5.41) is 6.49. The minimum Gasteiger partial charge on any atom is -0.380 e. The van der Waals surface area contributed by atoms with Crippen molar-refractivity contribution in [2.45, 2.75) is 0 Å². The fourth-order valence-corrected chi connectivity index (χ4v) is 1.66. The van der Waals surface area contributed by atoms with Crippen LogP contribution in [0.5, 0.6) is 0 Å². The number of nitrogens with two attached hydrogens (primary N) is 1. The first-order valence-corrected chi connectivity index (χ1v) is 5.32. The first-order chi connectivity index (χ1) is 8.75. The van der Waals surface area contributed by atoms with Crippen molar-refractivity contribution in [3.8, 4) is 0 Å². The average molecular weight is 239 g/mol. The van der Waals surface area contributed by atoms with Gasteiger partial charge in [0, 0.05) is 5.56 Å². The normalized spacial score (nSPS) is 10.7. The van der Waals surface area contributed by atoms with E-state index in [1.165, 1.54) is 6.20 Å². The number of carbonyl (C=O) groups excluding carboxylic acids is 1. The highest BCUT2D eigenvalue weighted by molar-refractivity contribution is 6.07. The molecule has 0 aliphatic heterocycles. The van der Waals surface area contributed by atoms with Gasteiger partial charge in [0.15, 0.2) is 5.82 Å². The van der Waals surface area contributed by atoms with Crippen LogP contribution in [0.25, 0.3) is 11.0 Å². The summed E-state index contributed by atoms with van der Waals surface area (Å²) >= 11 is 0. The van der Waals surface area contributed by atoms with Gasteiger partial charge in [-0.25, -0.2) is 9.97 Å². The molecule has 2 aromatic heterocycles. The molecule has 0 aliphatic carbocycles. The molecular formula is C12H9N5O. The predicted octanol–water partition coefficient (Wildman–Crippen LogP) is 1.17. The summed E-state index contributed by atoms with van der Waals surface area (Å²) in [5.74, 6) is 0.134. The topological polar surface area (TPSA) is 97.5 Å². The van der Waals surface area contributed by atoms with Crippen LogP contribution in [0.3, 0.4) is 0 Å². The second kappa shape index (κ2) is 3.92. The number of nitrogens with one attached hydrogen (secondary N) is 1. The van der Waals surface area contributed by atoms with Crippen LogP contribution in [-0.4, -0.2) is 25.9 Å². The van der Waals surface area contributed by atoms with Crippen molar-refractivity contribution in [1.82, 2.24) is 20.2 Å². The molecule has 0 aliphatic rings. The van der Waals surface area contributed by atoms with E-state index in [2.05, 4.69) is 20.2 Å². The molecule has 6 heteroatoms. The molecule has 6 nitrogen and oxygen atoms in total. The van der Waals surface area contributed by atoms with Crippen LogP contribution in [-0.2, 0) is 0 Å². The molecule has 0 spiro atoms. The number of carbonyl (C=O) groups is 1. The summed E-state index contributed by atoms with van der Waals surface area (Å²) in [6, 6.07) is 8.86. The molecule has 3 N–H and O–H groups in total. The van der Waals surface area contributed by atoms with E-state index in [0.717, 1.165) is 0 Å². The minimum absolute atomic E-state index is 0.113. The Morgan fingerprint density at radius 3 is 2.78 bits per heavy atom. The number of benzene rings is 1. The molecule has 3 rings (SSSR count). The SMILES string of the molecule is Nc1n[nH]c2cnc(C(=O)c3ccccc3)nc12. The smallest absolute Gasteiger partial charge is 0.230 e. The molecule has 3 aromatic rings. The van der Waals surface area contributed by atoms with E-state index in [1.54, 1.807) is 24.3 Å². The van der Waals surface area contributed by atoms with Crippen LogP contribution in [0, 0.1) is 0 Å². The highest BCUT2D eigenvalue weighted by Gasteiger charge is 2.14. The van der Waals surface area contributed by atoms with Crippen LogP contribution in [0.4, 0.5) is 5.82 Å². The van der Waals surface area contributed by atoms with Gasteiger partial charge in [0.2, 0.25) is 11.6 Å². The second-order valence-electron chi connectivity index (χ2n) is 3.76. The molecule has 0 unspecified atom stereocenters. The lowest BCUT2D eigenvalue weighted by Crippen LogP contribution is -2.06. The monoisotopic (exact) mass is 239 g/mol. The molecule has 18 heavy (non-hydrogen) atoms. The maximum Gasteiger partial charge on any atom is 0.230 e. The third-order valence-electron chi connectivity index (χ3n) is 2.57. The maximum atomic E-state index is 12.1. The van der Waals surface area contributed by atoms with Gasteiger partial charge in [-0.15, -0.1) is 0 Å². The largest absolute Gasteiger partial charge is 0.380 e. The Morgan fingerprint density at radius 1 is 1.22 bits per heavy atom. The van der Waals surface area contributed by atoms with Gasteiger partial charge in [0.1, 0.15) is 11.0 Å². The summed E-state index contributed by atoms with van der Waals surface area (Å²) in [7, 11) is 0. The first-order valence-electron chi connectivity index (χ1n) is 5.32. The fourth-order valence-electron chi connectivity index (χ4n) is 1.66. The standard InChI is InChI=1S/C12H9N5O/c13-11-9-8(16-17-11)6-14-12(15-9)10(18)7-4-2-1-3-5-7/h1-6H,(H3,13,16,17). The molecule has 0 amide bonds. The third-order valence-corrected chi connectivity index (χ3v) is 2.57. The summed E-state index contributed by atoms with van der Waals surface area (Å²) in [6.07, 6.45) is 1.50. The number of fused-ring (bicyclic) bond motifs is 1. The molecule has 2 heterocycles. The Labute approximate surface area is 102 Å². The lowest BCUT2D eigenvalue weighted by molar-refractivity contribution is 0.103. The van der Waals surface area contributed by atoms with E-state index >= 15 is 0 Å². The lowest BCUT2D eigenvalue weighted by Gasteiger charge is -1.99. The molecule has 0 saturated carbocycles. The van der Waals surface area contributed by atoms with Gasteiger partial charge < -0.3 is 5.73 Å². The van der Waals surface area contributed by atoms with Gasteiger partial charge >= 0.3 is 0 Å². The van der Waals surface area contributed by atoms with Crippen LogP contribution < -0.4 is 5.73 Å². The number of hydrogen-bond donors (Lipinski definition) is 2. The highest BCUT2D eigenvalue weighted by atomic mass is 16.1. The number of aromatic amines is 1. The van der Waals surface area contributed by atoms with Gasteiger partial charge in [0.05, 0.1) is 6.20 Å². The van der Waals surface area contributed by atoms with Crippen molar-refractivity contribution in [1.29, 1.82) is 0 Å². The van der Waals surface area contributed by atoms with Gasteiger partial charge in [0.25, 0.3) is 0 Å². The Morgan fingerprint density at radius 2 is 2.00 bits per heavy atom. The molecule has 1 aromatic carbocycles. The van der Waals surface area contributed by atoms with Crippen molar-refractivity contribution < 1.29 is 4.79 Å². The van der Waals surface area contributed by atoms with Gasteiger partial charge in [-0.2, -0.15) is 5.10 Å². The van der Waals surface area contributed by atoms with E-state index in [9.17, 15) is 4.79 Å². The van der Waals surface area contributed by atoms with Crippen LogP contribution in [0.2, 0.25) is 0 Å². The quantitative estimate of drug-likeness (QED) is 0.654. The van der Waals surface area contributed by atoms with Crippen molar-refractivity contribution >= 4 is 22.6 Å². The van der Waals surface area contributed by atoms with Crippen LogP contribution in [0.1, 0.15) is 16.2 Å². The predicted molar refractivity (Wildman–Crippen MR) is 66.0 cm³/mol. The Bertz CT molecular complexity index is 720. The number of ketones is 1. The summed E-state index contributed by atoms with van der Waals surface area (Å²) in [5.41, 5.74) is 7.25. The van der Waals surface area contributed by atoms with E-state index in [4.69, 9.17) is 5.73 Å². The number of nitrogens with zero attached hydrogens (tertiary/aromatic N) is 3. The van der Waals surface area contributed by atoms with Gasteiger partial charge in [-0.1, -0.05) is 30.3 Å². The Kier molecular flexibility index (Phi) is 2.26. The van der Waals surface area contributed by atoms with Crippen LogP contribution >= 0.6 is 0 Å². The molecule has 0 saturated heterocycles. The van der Waals surface area contributed by atoms with Gasteiger partial charge in [-0.3, -0.25) is 9.89 Å². The third kappa shape index (κ3) is 1.60. The maximum absolute atomic E-state index is 12.1. The van der Waals surface area contributed by atoms with E-state index in [1.807, 2.05) is 6.07 Å². The summed E-state index contributed by atoms with van der Waals surface area (Å²) in [6.45, 7) is 0. The van der Waals surface area contributed by atoms with Gasteiger partial charge in [-0.05, 0) is 0 Å². The average Bonchev–Trinajstić information content (AvgIpc) is 2.80. The number of aromatic nitrogens is 4. The Hall–Kier alpha value is -2.76.